The van der Waals surface area contributed by atoms with E-state index < -0.39 is 0 Å². The number of aromatic nitrogens is 1. The number of hydrogen-bond donors (Lipinski definition) is 0. The van der Waals surface area contributed by atoms with Gasteiger partial charge in [-0.2, -0.15) is 0 Å². The monoisotopic (exact) mass is 409 g/mol. The number of nitrogens with zero attached hydrogens (tertiary/aromatic N) is 3. The zero-order valence-corrected chi connectivity index (χ0v) is 18.1. The zero-order chi connectivity index (χ0) is 20.1. The summed E-state index contributed by atoms with van der Waals surface area (Å²) in [6.07, 6.45) is 10.9. The summed E-state index contributed by atoms with van der Waals surface area (Å²) in [6.45, 7) is 5.05. The molecule has 0 saturated heterocycles. The highest BCUT2D eigenvalue weighted by molar-refractivity contribution is 7.11. The van der Waals surface area contributed by atoms with Crippen molar-refractivity contribution in [3.05, 3.63) is 52.9 Å². The number of carbonyl (C=O) groups excluding carboxylic acids is 1. The standard InChI is InChI=1S/C24H31N3OS/c1-19(18-26-15-12-20(13-16-26)22-10-7-17-29-22)27(23-11-5-6-14-25-23)24(28)21-8-3-2-4-9-21/h5-7,10-12,14,17,19,21H,2-4,8-9,13,15-16,18H2,1H3/t19-/m1/s1. The van der Waals surface area contributed by atoms with E-state index in [1.54, 1.807) is 6.20 Å². The molecule has 0 radical (unpaired) electrons. The molecule has 1 amide bonds. The second-order valence-electron chi connectivity index (χ2n) is 8.30. The maximum atomic E-state index is 13.4. The summed E-state index contributed by atoms with van der Waals surface area (Å²) in [6, 6.07) is 10.3. The molecular formula is C24H31N3OS. The second kappa shape index (κ2) is 9.68. The van der Waals surface area contributed by atoms with Gasteiger partial charge in [0.15, 0.2) is 0 Å². The fourth-order valence-electron chi connectivity index (χ4n) is 4.62. The molecule has 2 aliphatic rings. The largest absolute Gasteiger partial charge is 0.297 e. The third-order valence-corrected chi connectivity index (χ3v) is 7.13. The fraction of sp³-hybridized carbons (Fsp3) is 0.500. The molecule has 2 aromatic heterocycles. The van der Waals surface area contributed by atoms with E-state index in [0.717, 1.165) is 44.7 Å². The minimum atomic E-state index is 0.107. The van der Waals surface area contributed by atoms with Crippen molar-refractivity contribution in [2.24, 2.45) is 5.92 Å². The van der Waals surface area contributed by atoms with Crippen molar-refractivity contribution in [1.29, 1.82) is 0 Å². The predicted octanol–water partition coefficient (Wildman–Crippen LogP) is 5.23. The van der Waals surface area contributed by atoms with Crippen LogP contribution in [0.2, 0.25) is 0 Å². The normalized spacial score (nSPS) is 19.6. The molecule has 1 aliphatic heterocycles. The van der Waals surface area contributed by atoms with Crippen molar-refractivity contribution in [1.82, 2.24) is 9.88 Å². The quantitative estimate of drug-likeness (QED) is 0.655. The van der Waals surface area contributed by atoms with Crippen LogP contribution in [0.15, 0.2) is 48.0 Å². The maximum absolute atomic E-state index is 13.4. The molecule has 4 rings (SSSR count). The van der Waals surface area contributed by atoms with Crippen LogP contribution in [0.3, 0.4) is 0 Å². The Kier molecular flexibility index (Phi) is 6.78. The van der Waals surface area contributed by atoms with Crippen LogP contribution in [-0.4, -0.2) is 41.5 Å². The van der Waals surface area contributed by atoms with Crippen molar-refractivity contribution in [3.63, 3.8) is 0 Å². The average Bonchev–Trinajstić information content (AvgIpc) is 3.31. The zero-order valence-electron chi connectivity index (χ0n) is 17.3. The van der Waals surface area contributed by atoms with Gasteiger partial charge in [0.1, 0.15) is 5.82 Å². The van der Waals surface area contributed by atoms with Crippen LogP contribution in [-0.2, 0) is 4.79 Å². The molecule has 1 fully saturated rings. The molecule has 0 bridgehead atoms. The third kappa shape index (κ3) is 4.96. The molecule has 0 aromatic carbocycles. The Bertz CT molecular complexity index is 812. The van der Waals surface area contributed by atoms with Gasteiger partial charge in [0.25, 0.3) is 0 Å². The number of rotatable bonds is 6. The van der Waals surface area contributed by atoms with Crippen LogP contribution in [0.1, 0.15) is 50.3 Å². The molecule has 29 heavy (non-hydrogen) atoms. The highest BCUT2D eigenvalue weighted by atomic mass is 32.1. The molecule has 1 saturated carbocycles. The van der Waals surface area contributed by atoms with Gasteiger partial charge in [0, 0.05) is 42.7 Å². The first-order valence-corrected chi connectivity index (χ1v) is 11.8. The van der Waals surface area contributed by atoms with E-state index >= 15 is 0 Å². The summed E-state index contributed by atoms with van der Waals surface area (Å²) < 4.78 is 0. The Balaban J connectivity index is 1.45. The lowest BCUT2D eigenvalue weighted by molar-refractivity contribution is -0.123. The fourth-order valence-corrected chi connectivity index (χ4v) is 5.41. The summed E-state index contributed by atoms with van der Waals surface area (Å²) in [5, 5.41) is 2.15. The van der Waals surface area contributed by atoms with E-state index in [4.69, 9.17) is 0 Å². The Morgan fingerprint density at radius 1 is 1.24 bits per heavy atom. The van der Waals surface area contributed by atoms with E-state index in [0.29, 0.717) is 0 Å². The summed E-state index contributed by atoms with van der Waals surface area (Å²) >= 11 is 1.82. The lowest BCUT2D eigenvalue weighted by Crippen LogP contribution is -2.49. The lowest BCUT2D eigenvalue weighted by Gasteiger charge is -2.36. The SMILES string of the molecule is C[C@H](CN1CC=C(c2cccs2)CC1)N(C(=O)C1CCCCC1)c1ccccn1. The van der Waals surface area contributed by atoms with Crippen molar-refractivity contribution >= 4 is 28.6 Å². The average molecular weight is 410 g/mol. The van der Waals surface area contributed by atoms with E-state index in [1.165, 1.54) is 29.7 Å². The molecule has 5 heteroatoms. The number of thiophene rings is 1. The van der Waals surface area contributed by atoms with Crippen LogP contribution in [0.5, 0.6) is 0 Å². The first kappa shape index (κ1) is 20.3. The minimum absolute atomic E-state index is 0.107. The van der Waals surface area contributed by atoms with E-state index in [1.807, 2.05) is 34.4 Å². The lowest BCUT2D eigenvalue weighted by atomic mass is 9.88. The molecular weight excluding hydrogens is 378 g/mol. The molecule has 0 N–H and O–H groups in total. The highest BCUT2D eigenvalue weighted by Crippen LogP contribution is 2.29. The summed E-state index contributed by atoms with van der Waals surface area (Å²) in [5.41, 5.74) is 1.46. The van der Waals surface area contributed by atoms with Gasteiger partial charge in [-0.3, -0.25) is 14.6 Å². The smallest absolute Gasteiger partial charge is 0.231 e. The van der Waals surface area contributed by atoms with E-state index in [2.05, 4.69) is 40.4 Å². The van der Waals surface area contributed by atoms with Gasteiger partial charge in [-0.25, -0.2) is 4.98 Å². The van der Waals surface area contributed by atoms with Crippen molar-refractivity contribution in [2.75, 3.05) is 24.5 Å². The van der Waals surface area contributed by atoms with Crippen LogP contribution >= 0.6 is 11.3 Å². The van der Waals surface area contributed by atoms with Crippen LogP contribution < -0.4 is 4.90 Å². The summed E-state index contributed by atoms with van der Waals surface area (Å²) in [5.74, 6) is 1.21. The molecule has 0 spiro atoms. The number of pyridine rings is 1. The number of amides is 1. The molecule has 4 nitrogen and oxygen atoms in total. The number of anilines is 1. The van der Waals surface area contributed by atoms with E-state index in [9.17, 15) is 4.79 Å². The van der Waals surface area contributed by atoms with Crippen LogP contribution in [0, 0.1) is 5.92 Å². The Hall–Kier alpha value is -1.98. The highest BCUT2D eigenvalue weighted by Gasteiger charge is 2.31. The van der Waals surface area contributed by atoms with Gasteiger partial charge >= 0.3 is 0 Å². The van der Waals surface area contributed by atoms with E-state index in [-0.39, 0.29) is 17.9 Å². The topological polar surface area (TPSA) is 36.4 Å². The maximum Gasteiger partial charge on any atom is 0.231 e. The van der Waals surface area contributed by atoms with Gasteiger partial charge in [0.05, 0.1) is 0 Å². The van der Waals surface area contributed by atoms with Gasteiger partial charge in [-0.15, -0.1) is 11.3 Å². The predicted molar refractivity (Wildman–Crippen MR) is 121 cm³/mol. The van der Waals surface area contributed by atoms with Crippen molar-refractivity contribution in [3.8, 4) is 0 Å². The molecule has 1 aliphatic carbocycles. The minimum Gasteiger partial charge on any atom is -0.297 e. The van der Waals surface area contributed by atoms with Crippen LogP contribution in [0.4, 0.5) is 5.82 Å². The van der Waals surface area contributed by atoms with Gasteiger partial charge < -0.3 is 0 Å². The number of hydrogen-bond acceptors (Lipinski definition) is 4. The summed E-state index contributed by atoms with van der Waals surface area (Å²) in [4.78, 5) is 23.8. The van der Waals surface area contributed by atoms with Crippen LogP contribution in [0.25, 0.3) is 5.57 Å². The Labute approximate surface area is 178 Å². The molecule has 2 aromatic rings. The van der Waals surface area contributed by atoms with Crippen molar-refractivity contribution < 1.29 is 4.79 Å². The summed E-state index contributed by atoms with van der Waals surface area (Å²) in [7, 11) is 0. The molecule has 0 unspecified atom stereocenters. The van der Waals surface area contributed by atoms with Gasteiger partial charge in [-0.1, -0.05) is 37.5 Å². The first-order valence-electron chi connectivity index (χ1n) is 10.9. The Morgan fingerprint density at radius 2 is 2.10 bits per heavy atom. The molecule has 3 heterocycles. The first-order chi connectivity index (χ1) is 14.2. The third-order valence-electron chi connectivity index (χ3n) is 6.18. The Morgan fingerprint density at radius 3 is 2.76 bits per heavy atom. The number of carbonyl (C=O) groups is 1. The van der Waals surface area contributed by atoms with Gasteiger partial charge in [-0.05, 0) is 55.3 Å². The van der Waals surface area contributed by atoms with Crippen molar-refractivity contribution in [2.45, 2.75) is 51.5 Å². The molecule has 1 atom stereocenters. The molecule has 154 valence electrons. The second-order valence-corrected chi connectivity index (χ2v) is 9.24. The van der Waals surface area contributed by atoms with Gasteiger partial charge in [0.2, 0.25) is 5.91 Å².